The minimum absolute atomic E-state index is 0.156. The normalized spacial score (nSPS) is 20.4. The van der Waals surface area contributed by atoms with Crippen LogP contribution in [0.5, 0.6) is 0 Å². The Hall–Kier alpha value is -1.21. The number of benzene rings is 1. The first-order valence-corrected chi connectivity index (χ1v) is 6.46. The maximum Gasteiger partial charge on any atom is 0.0398 e. The van der Waals surface area contributed by atoms with E-state index in [2.05, 4.69) is 56.3 Å². The highest BCUT2D eigenvalue weighted by Crippen LogP contribution is 2.36. The Morgan fingerprint density at radius 2 is 2.00 bits per heavy atom. The predicted octanol–water partition coefficient (Wildman–Crippen LogP) is 1.82. The molecule has 15 heavy (non-hydrogen) atoms. The van der Waals surface area contributed by atoms with Crippen molar-refractivity contribution in [3.8, 4) is 0 Å². The topological polar surface area (TPSA) is 0 Å². The van der Waals surface area contributed by atoms with E-state index in [1.54, 1.807) is 4.81 Å². The van der Waals surface area contributed by atoms with Crippen LogP contribution in [-0.4, -0.2) is 9.13 Å². The molecular formula is C14H13Si. The van der Waals surface area contributed by atoms with Crippen LogP contribution in [0.2, 0.25) is 0 Å². The smallest absolute Gasteiger partial charge is 0.0398 e. The highest BCUT2D eigenvalue weighted by Gasteiger charge is 2.27. The summed E-state index contributed by atoms with van der Waals surface area (Å²) >= 11 is 0. The number of hydrogen-bond acceptors (Lipinski definition) is 0. The van der Waals surface area contributed by atoms with Gasteiger partial charge in [-0.05, 0) is 26.9 Å². The van der Waals surface area contributed by atoms with Crippen LogP contribution in [0.1, 0.15) is 13.8 Å². The zero-order valence-corrected chi connectivity index (χ0v) is 10.2. The van der Waals surface area contributed by atoms with E-state index in [0.717, 1.165) is 0 Å². The quantitative estimate of drug-likeness (QED) is 0.572. The minimum atomic E-state index is 0.156. The fraction of sp³-hybridized carbons (Fsp3) is 0.214. The van der Waals surface area contributed by atoms with E-state index in [0.29, 0.717) is 9.13 Å². The van der Waals surface area contributed by atoms with Crippen molar-refractivity contribution in [3.05, 3.63) is 57.7 Å². The summed E-state index contributed by atoms with van der Waals surface area (Å²) in [6.07, 6.45) is 7.66. The van der Waals surface area contributed by atoms with Gasteiger partial charge in [-0.3, -0.25) is 0 Å². The third-order valence-corrected chi connectivity index (χ3v) is 4.74. The zero-order valence-electron chi connectivity index (χ0n) is 9.04. The monoisotopic (exact) mass is 209 g/mol. The highest BCUT2D eigenvalue weighted by atomic mass is 28.2. The molecule has 0 atom stereocenters. The first kappa shape index (κ1) is 9.04. The third kappa shape index (κ3) is 1.23. The molecule has 0 unspecified atom stereocenters. The molecule has 0 N–H and O–H groups in total. The summed E-state index contributed by atoms with van der Waals surface area (Å²) in [4.78, 5) is 1.55. The van der Waals surface area contributed by atoms with Gasteiger partial charge in [-0.25, -0.2) is 0 Å². The van der Waals surface area contributed by atoms with Crippen molar-refractivity contribution in [2.75, 3.05) is 0 Å². The van der Waals surface area contributed by atoms with Crippen molar-refractivity contribution < 1.29 is 0 Å². The first-order valence-electron chi connectivity index (χ1n) is 5.31. The van der Waals surface area contributed by atoms with Crippen molar-refractivity contribution in [2.24, 2.45) is 5.41 Å². The van der Waals surface area contributed by atoms with Crippen LogP contribution in [0.25, 0.3) is 5.57 Å². The summed E-state index contributed by atoms with van der Waals surface area (Å²) in [5.74, 6) is 0. The van der Waals surface area contributed by atoms with Crippen LogP contribution in [-0.2, 0) is 0 Å². The van der Waals surface area contributed by atoms with Crippen LogP contribution < -0.4 is 5.22 Å². The van der Waals surface area contributed by atoms with Crippen LogP contribution >= 0.6 is 0 Å². The molecule has 0 fully saturated rings. The molecule has 1 heterocycles. The fourth-order valence-corrected chi connectivity index (χ4v) is 4.28. The maximum absolute atomic E-state index is 3.29. The Kier molecular flexibility index (Phi) is 1.74. The Morgan fingerprint density at radius 3 is 2.87 bits per heavy atom. The van der Waals surface area contributed by atoms with Gasteiger partial charge in [0.2, 0.25) is 0 Å². The van der Waals surface area contributed by atoms with E-state index in [-0.39, 0.29) is 5.41 Å². The summed E-state index contributed by atoms with van der Waals surface area (Å²) in [6, 6.07) is 8.83. The molecule has 1 radical (unpaired) electrons. The lowest BCUT2D eigenvalue weighted by molar-refractivity contribution is 0.642. The zero-order chi connectivity index (χ0) is 10.5. The lowest BCUT2D eigenvalue weighted by Gasteiger charge is -2.26. The number of rotatable bonds is 0. The van der Waals surface area contributed by atoms with Crippen molar-refractivity contribution in [3.63, 3.8) is 0 Å². The molecule has 0 amide bonds. The van der Waals surface area contributed by atoms with Crippen molar-refractivity contribution in [2.45, 2.75) is 13.8 Å². The Morgan fingerprint density at radius 1 is 1.20 bits per heavy atom. The van der Waals surface area contributed by atoms with E-state index in [9.17, 15) is 0 Å². The van der Waals surface area contributed by atoms with Gasteiger partial charge in [0.25, 0.3) is 0 Å². The predicted molar refractivity (Wildman–Crippen MR) is 65.1 cm³/mol. The maximum atomic E-state index is 3.29. The van der Waals surface area contributed by atoms with Crippen LogP contribution in [0, 0.1) is 16.3 Å². The third-order valence-electron chi connectivity index (χ3n) is 3.16. The molecule has 73 valence electrons. The van der Waals surface area contributed by atoms with E-state index < -0.39 is 0 Å². The molecule has 1 aliphatic heterocycles. The summed E-state index contributed by atoms with van der Waals surface area (Å²) in [7, 11) is 0.294. The molecule has 0 spiro atoms. The second kappa shape index (κ2) is 2.89. The summed E-state index contributed by atoms with van der Waals surface area (Å²) in [5.41, 5.74) is 1.69. The van der Waals surface area contributed by atoms with Gasteiger partial charge in [-0.2, -0.15) is 0 Å². The van der Waals surface area contributed by atoms with Gasteiger partial charge in [0.05, 0.1) is 0 Å². The Labute approximate surface area is 92.1 Å². The van der Waals surface area contributed by atoms with Gasteiger partial charge < -0.3 is 0 Å². The molecule has 0 bridgehead atoms. The molecule has 3 rings (SSSR count). The summed E-state index contributed by atoms with van der Waals surface area (Å²) in [5, 5.41) is 3.00. The van der Waals surface area contributed by atoms with Gasteiger partial charge in [-0.15, -0.1) is 0 Å². The molecule has 1 aliphatic carbocycles. The molecule has 2 aliphatic rings. The van der Waals surface area contributed by atoms with Crippen molar-refractivity contribution >= 4 is 14.7 Å². The number of fused-ring (bicyclic) bond motifs is 2. The van der Waals surface area contributed by atoms with Crippen LogP contribution in [0.4, 0.5) is 0 Å². The second-order valence-corrected chi connectivity index (χ2v) is 6.27. The minimum Gasteiger partial charge on any atom is -0.0666 e. The van der Waals surface area contributed by atoms with Gasteiger partial charge in [-0.1, -0.05) is 50.3 Å². The van der Waals surface area contributed by atoms with Gasteiger partial charge >= 0.3 is 0 Å². The fourth-order valence-electron chi connectivity index (χ4n) is 2.49. The molecule has 0 nitrogen and oxygen atoms in total. The average Bonchev–Trinajstić information content (AvgIpc) is 2.56. The van der Waals surface area contributed by atoms with E-state index in [1.807, 2.05) is 0 Å². The number of hydrogen-bond donors (Lipinski definition) is 0. The summed E-state index contributed by atoms with van der Waals surface area (Å²) < 4.78 is 0. The van der Waals surface area contributed by atoms with Gasteiger partial charge in [0.15, 0.2) is 0 Å². The van der Waals surface area contributed by atoms with E-state index in [4.69, 9.17) is 0 Å². The lowest BCUT2D eigenvalue weighted by Crippen LogP contribution is -2.20. The van der Waals surface area contributed by atoms with Gasteiger partial charge in [0, 0.05) is 14.5 Å². The molecule has 1 heteroatoms. The molecule has 0 aromatic heterocycles. The van der Waals surface area contributed by atoms with Crippen molar-refractivity contribution in [1.82, 2.24) is 0 Å². The Balaban J connectivity index is 2.47. The molecule has 1 aromatic carbocycles. The van der Waals surface area contributed by atoms with E-state index in [1.165, 1.54) is 16.0 Å². The standard InChI is InChI=1S/C14H13Si/c1-14(2)9-5-8-12-13(14)10-6-3-4-7-11(10)15-12/h3-4,6-9,15H,1-2H3. The van der Waals surface area contributed by atoms with Crippen LogP contribution in [0.3, 0.4) is 0 Å². The molecule has 0 saturated carbocycles. The SMILES string of the molecule is CC1(C)C=[C]C=C2[SiH]=c3ccccc3=C21. The van der Waals surface area contributed by atoms with Crippen molar-refractivity contribution in [1.29, 1.82) is 0 Å². The van der Waals surface area contributed by atoms with E-state index >= 15 is 0 Å². The first-order chi connectivity index (χ1) is 7.18. The second-order valence-electron chi connectivity index (χ2n) is 4.74. The summed E-state index contributed by atoms with van der Waals surface area (Å²) in [6.45, 7) is 4.56. The molecular weight excluding hydrogens is 196 g/mol. The van der Waals surface area contributed by atoms with Crippen LogP contribution in [0.15, 0.2) is 41.6 Å². The largest absolute Gasteiger partial charge is 0.0666 e. The Bertz CT molecular complexity index is 600. The molecule has 1 aromatic rings. The van der Waals surface area contributed by atoms with Gasteiger partial charge in [0.1, 0.15) is 0 Å². The number of allylic oxidation sites excluding steroid dienone is 4. The molecule has 0 saturated heterocycles. The average molecular weight is 209 g/mol. The highest BCUT2D eigenvalue weighted by molar-refractivity contribution is 6.44. The lowest BCUT2D eigenvalue weighted by atomic mass is 9.80.